The monoisotopic (exact) mass is 406 g/mol. The van der Waals surface area contributed by atoms with Gasteiger partial charge in [0.1, 0.15) is 0 Å². The van der Waals surface area contributed by atoms with Crippen molar-refractivity contribution in [2.24, 2.45) is 0 Å². The number of nitrogens with zero attached hydrogens (tertiary/aromatic N) is 2. The van der Waals surface area contributed by atoms with Gasteiger partial charge in [0.15, 0.2) is 4.34 Å². The standard InChI is InChI=1S/C19H26N4O2S2/c1-2-3-5-14-7-9-15(10-8-14)21-17(24)13-26-19-23-22-18(27-19)20-12-16-6-4-11-25-16/h7-10,16H,2-6,11-13H2,1H3,(H,20,22)(H,21,24). The van der Waals surface area contributed by atoms with E-state index < -0.39 is 0 Å². The molecule has 3 rings (SSSR count). The second kappa shape index (κ2) is 10.6. The lowest BCUT2D eigenvalue weighted by molar-refractivity contribution is -0.113. The number of anilines is 2. The SMILES string of the molecule is CCCCc1ccc(NC(=O)CSc2nnc(NCC3CCCO3)s2)cc1. The number of nitrogens with one attached hydrogen (secondary N) is 2. The van der Waals surface area contributed by atoms with Crippen molar-refractivity contribution in [1.82, 2.24) is 10.2 Å². The maximum atomic E-state index is 12.1. The van der Waals surface area contributed by atoms with Crippen molar-refractivity contribution in [2.45, 2.75) is 49.5 Å². The Morgan fingerprint density at radius 1 is 1.33 bits per heavy atom. The third-order valence-corrected chi connectivity index (χ3v) is 6.31. The van der Waals surface area contributed by atoms with Crippen LogP contribution in [0.3, 0.4) is 0 Å². The third-order valence-electron chi connectivity index (χ3n) is 4.29. The minimum absolute atomic E-state index is 0.0367. The number of hydrogen-bond acceptors (Lipinski definition) is 7. The lowest BCUT2D eigenvalue weighted by Gasteiger charge is -2.08. The summed E-state index contributed by atoms with van der Waals surface area (Å²) in [5.74, 6) is 0.281. The Bertz CT molecular complexity index is 715. The lowest BCUT2D eigenvalue weighted by Crippen LogP contribution is -2.18. The number of unbranched alkanes of at least 4 members (excludes halogenated alkanes) is 1. The van der Waals surface area contributed by atoms with E-state index in [4.69, 9.17) is 4.74 Å². The minimum atomic E-state index is -0.0367. The smallest absolute Gasteiger partial charge is 0.234 e. The molecule has 146 valence electrons. The topological polar surface area (TPSA) is 76.1 Å². The van der Waals surface area contributed by atoms with Crippen molar-refractivity contribution in [2.75, 3.05) is 29.5 Å². The summed E-state index contributed by atoms with van der Waals surface area (Å²) >= 11 is 2.87. The maximum absolute atomic E-state index is 12.1. The molecule has 0 spiro atoms. The molecular formula is C19H26N4O2S2. The van der Waals surface area contributed by atoms with Gasteiger partial charge >= 0.3 is 0 Å². The summed E-state index contributed by atoms with van der Waals surface area (Å²) in [6.45, 7) is 3.79. The van der Waals surface area contributed by atoms with Gasteiger partial charge in [-0.1, -0.05) is 48.6 Å². The first-order valence-electron chi connectivity index (χ1n) is 9.43. The fourth-order valence-electron chi connectivity index (χ4n) is 2.81. The van der Waals surface area contributed by atoms with Crippen LogP contribution >= 0.6 is 23.1 Å². The molecule has 6 nitrogen and oxygen atoms in total. The van der Waals surface area contributed by atoms with Gasteiger partial charge in [-0.2, -0.15) is 0 Å². The highest BCUT2D eigenvalue weighted by molar-refractivity contribution is 8.01. The molecule has 2 aromatic rings. The van der Waals surface area contributed by atoms with Crippen LogP contribution in [-0.4, -0.2) is 41.1 Å². The van der Waals surface area contributed by atoms with E-state index in [2.05, 4.69) is 39.9 Å². The summed E-state index contributed by atoms with van der Waals surface area (Å²) < 4.78 is 6.37. The molecule has 0 aliphatic carbocycles. The number of ether oxygens (including phenoxy) is 1. The highest BCUT2D eigenvalue weighted by Crippen LogP contribution is 2.26. The van der Waals surface area contributed by atoms with Crippen LogP contribution in [-0.2, 0) is 16.0 Å². The number of hydrogen-bond donors (Lipinski definition) is 2. The molecule has 1 aromatic heterocycles. The molecule has 1 aliphatic heterocycles. The van der Waals surface area contributed by atoms with Crippen LogP contribution in [0.5, 0.6) is 0 Å². The normalized spacial score (nSPS) is 16.4. The number of carbonyl (C=O) groups excluding carboxylic acids is 1. The van der Waals surface area contributed by atoms with E-state index in [9.17, 15) is 4.79 Å². The van der Waals surface area contributed by atoms with E-state index in [1.807, 2.05) is 12.1 Å². The Hall–Kier alpha value is -1.64. The molecule has 2 heterocycles. The van der Waals surface area contributed by atoms with Gasteiger partial charge in [-0.05, 0) is 43.4 Å². The number of thioether (sulfide) groups is 1. The van der Waals surface area contributed by atoms with Gasteiger partial charge < -0.3 is 15.4 Å². The summed E-state index contributed by atoms with van der Waals surface area (Å²) in [5, 5.41) is 15.2. The lowest BCUT2D eigenvalue weighted by atomic mass is 10.1. The van der Waals surface area contributed by atoms with E-state index in [1.165, 1.54) is 41.5 Å². The van der Waals surface area contributed by atoms with Gasteiger partial charge in [0, 0.05) is 18.8 Å². The summed E-state index contributed by atoms with van der Waals surface area (Å²) in [6, 6.07) is 8.08. The van der Waals surface area contributed by atoms with Gasteiger partial charge in [-0.3, -0.25) is 4.79 Å². The molecule has 0 bridgehead atoms. The Kier molecular flexibility index (Phi) is 7.92. The molecule has 0 saturated carbocycles. The Morgan fingerprint density at radius 2 is 2.19 bits per heavy atom. The number of aryl methyl sites for hydroxylation is 1. The Balaban J connectivity index is 1.38. The van der Waals surface area contributed by atoms with Crippen molar-refractivity contribution >= 4 is 39.8 Å². The predicted molar refractivity (Wildman–Crippen MR) is 112 cm³/mol. The highest BCUT2D eigenvalue weighted by atomic mass is 32.2. The van der Waals surface area contributed by atoms with Gasteiger partial charge in [-0.15, -0.1) is 10.2 Å². The summed E-state index contributed by atoms with van der Waals surface area (Å²) in [6.07, 6.45) is 5.94. The maximum Gasteiger partial charge on any atom is 0.234 e. The van der Waals surface area contributed by atoms with E-state index in [0.29, 0.717) is 5.75 Å². The van der Waals surface area contributed by atoms with Crippen molar-refractivity contribution in [1.29, 1.82) is 0 Å². The Morgan fingerprint density at radius 3 is 2.93 bits per heavy atom. The van der Waals surface area contributed by atoms with Crippen molar-refractivity contribution < 1.29 is 9.53 Å². The molecule has 27 heavy (non-hydrogen) atoms. The second-order valence-electron chi connectivity index (χ2n) is 6.53. The molecule has 1 amide bonds. The highest BCUT2D eigenvalue weighted by Gasteiger charge is 2.16. The van der Waals surface area contributed by atoms with E-state index in [1.54, 1.807) is 0 Å². The largest absolute Gasteiger partial charge is 0.376 e. The van der Waals surface area contributed by atoms with Crippen molar-refractivity contribution in [3.8, 4) is 0 Å². The first kappa shape index (κ1) is 20.1. The van der Waals surface area contributed by atoms with Crippen LogP contribution in [0, 0.1) is 0 Å². The van der Waals surface area contributed by atoms with Gasteiger partial charge in [-0.25, -0.2) is 0 Å². The van der Waals surface area contributed by atoms with E-state index in [0.717, 1.165) is 47.6 Å². The van der Waals surface area contributed by atoms with Crippen LogP contribution in [0.4, 0.5) is 10.8 Å². The summed E-state index contributed by atoms with van der Waals surface area (Å²) in [7, 11) is 0. The molecule has 0 radical (unpaired) electrons. The van der Waals surface area contributed by atoms with Crippen molar-refractivity contribution in [3.63, 3.8) is 0 Å². The number of carbonyl (C=O) groups is 1. The minimum Gasteiger partial charge on any atom is -0.376 e. The molecule has 8 heteroatoms. The molecular weight excluding hydrogens is 380 g/mol. The zero-order chi connectivity index (χ0) is 18.9. The van der Waals surface area contributed by atoms with Crippen LogP contribution in [0.25, 0.3) is 0 Å². The van der Waals surface area contributed by atoms with Gasteiger partial charge in [0.2, 0.25) is 11.0 Å². The second-order valence-corrected chi connectivity index (χ2v) is 8.73. The molecule has 1 unspecified atom stereocenters. The van der Waals surface area contributed by atoms with Crippen LogP contribution in [0.1, 0.15) is 38.2 Å². The predicted octanol–water partition coefficient (Wildman–Crippen LogP) is 4.20. The molecule has 1 saturated heterocycles. The van der Waals surface area contributed by atoms with E-state index >= 15 is 0 Å². The average Bonchev–Trinajstić information content (AvgIpc) is 3.36. The molecule has 1 fully saturated rings. The van der Waals surface area contributed by atoms with Crippen LogP contribution in [0.2, 0.25) is 0 Å². The molecule has 1 aliphatic rings. The number of aromatic nitrogens is 2. The quantitative estimate of drug-likeness (QED) is 0.576. The summed E-state index contributed by atoms with van der Waals surface area (Å²) in [4.78, 5) is 12.1. The van der Waals surface area contributed by atoms with Crippen molar-refractivity contribution in [3.05, 3.63) is 29.8 Å². The zero-order valence-corrected chi connectivity index (χ0v) is 17.2. The van der Waals surface area contributed by atoms with E-state index in [-0.39, 0.29) is 12.0 Å². The first-order valence-corrected chi connectivity index (χ1v) is 11.2. The fraction of sp³-hybridized carbons (Fsp3) is 0.526. The first-order chi connectivity index (χ1) is 13.2. The summed E-state index contributed by atoms with van der Waals surface area (Å²) in [5.41, 5.74) is 2.14. The Labute approximate surface area is 168 Å². The third kappa shape index (κ3) is 6.79. The van der Waals surface area contributed by atoms with Gasteiger partial charge in [0.25, 0.3) is 0 Å². The fourth-order valence-corrected chi connectivity index (χ4v) is 4.36. The molecule has 1 aromatic carbocycles. The molecule has 2 N–H and O–H groups in total. The molecule has 1 atom stereocenters. The number of amides is 1. The average molecular weight is 407 g/mol. The number of rotatable bonds is 10. The zero-order valence-electron chi connectivity index (χ0n) is 15.6. The number of benzene rings is 1. The van der Waals surface area contributed by atoms with Gasteiger partial charge in [0.05, 0.1) is 11.9 Å². The van der Waals surface area contributed by atoms with Crippen LogP contribution in [0.15, 0.2) is 28.6 Å². The van der Waals surface area contributed by atoms with Crippen LogP contribution < -0.4 is 10.6 Å².